The number of sulfonamides is 1. The Balaban J connectivity index is 1.26. The highest BCUT2D eigenvalue weighted by Crippen LogP contribution is 2.48. The van der Waals surface area contributed by atoms with E-state index in [0.29, 0.717) is 31.7 Å². The molecule has 0 spiro atoms. The Hall–Kier alpha value is -4.24. The van der Waals surface area contributed by atoms with E-state index in [4.69, 9.17) is 9.47 Å². The van der Waals surface area contributed by atoms with Gasteiger partial charge < -0.3 is 14.6 Å². The van der Waals surface area contributed by atoms with Crippen LogP contribution in [0.5, 0.6) is 5.75 Å². The molecule has 250 valence electrons. The lowest BCUT2D eigenvalue weighted by atomic mass is 9.74. The number of carbonyl (C=O) groups is 1. The Morgan fingerprint density at radius 1 is 0.938 bits per heavy atom. The number of fused-ring (bicyclic) bond motifs is 1. The van der Waals surface area contributed by atoms with Crippen LogP contribution in [0.25, 0.3) is 11.1 Å². The van der Waals surface area contributed by atoms with Gasteiger partial charge in [0.2, 0.25) is 10.0 Å². The molecular weight excluding hydrogens is 623 g/mol. The molecule has 4 atom stereocenters. The van der Waals surface area contributed by atoms with Gasteiger partial charge in [-0.3, -0.25) is 0 Å². The first-order valence-corrected chi connectivity index (χ1v) is 17.9. The maximum Gasteiger partial charge on any atom is 0.341 e. The molecule has 4 aromatic rings. The SMILES string of the molecule is C=C(C)[C@H]1C[C@@H]2CN(S(=O)(=O)c3ccc(-c4ccccc4)cc3)CC[C@@H]2O[C@@H]1c1cc(C(C)(C)c2ccccc2)ccc1OCC(=O)O. The Morgan fingerprint density at radius 3 is 2.23 bits per heavy atom. The van der Waals surface area contributed by atoms with Crippen LogP contribution in [-0.4, -0.2) is 49.6 Å². The van der Waals surface area contributed by atoms with Crippen molar-refractivity contribution in [3.8, 4) is 16.9 Å². The van der Waals surface area contributed by atoms with Crippen molar-refractivity contribution in [2.45, 2.75) is 56.1 Å². The lowest BCUT2D eigenvalue weighted by molar-refractivity contribution is -0.139. The number of hydrogen-bond donors (Lipinski definition) is 1. The number of carboxylic acids is 1. The molecule has 0 radical (unpaired) electrons. The first kappa shape index (κ1) is 33.7. The van der Waals surface area contributed by atoms with Crippen molar-refractivity contribution in [3.05, 3.63) is 132 Å². The van der Waals surface area contributed by atoms with Gasteiger partial charge in [0.15, 0.2) is 6.61 Å². The molecule has 2 heterocycles. The minimum Gasteiger partial charge on any atom is -0.482 e. The minimum atomic E-state index is -3.71. The summed E-state index contributed by atoms with van der Waals surface area (Å²) >= 11 is 0. The molecule has 0 aromatic heterocycles. The summed E-state index contributed by atoms with van der Waals surface area (Å²) in [4.78, 5) is 11.8. The summed E-state index contributed by atoms with van der Waals surface area (Å²) in [6, 6.07) is 33.2. The van der Waals surface area contributed by atoms with Gasteiger partial charge in [0.1, 0.15) is 5.75 Å². The fourth-order valence-corrected chi connectivity index (χ4v) is 8.65. The fourth-order valence-electron chi connectivity index (χ4n) is 7.13. The minimum absolute atomic E-state index is 0.0256. The van der Waals surface area contributed by atoms with Crippen LogP contribution in [0.15, 0.2) is 120 Å². The summed E-state index contributed by atoms with van der Waals surface area (Å²) in [5.74, 6) is -0.735. The van der Waals surface area contributed by atoms with Crippen LogP contribution in [0.2, 0.25) is 0 Å². The second kappa shape index (κ2) is 13.7. The zero-order valence-electron chi connectivity index (χ0n) is 27.7. The van der Waals surface area contributed by atoms with Gasteiger partial charge in [-0.15, -0.1) is 0 Å². The Morgan fingerprint density at radius 2 is 1.58 bits per heavy atom. The molecule has 4 aromatic carbocycles. The predicted molar refractivity (Wildman–Crippen MR) is 187 cm³/mol. The molecular formula is C40H43NO6S. The third-order valence-corrected chi connectivity index (χ3v) is 11.9. The van der Waals surface area contributed by atoms with Crippen LogP contribution in [-0.2, 0) is 25.0 Å². The highest BCUT2D eigenvalue weighted by atomic mass is 32.2. The van der Waals surface area contributed by atoms with Crippen molar-refractivity contribution in [3.63, 3.8) is 0 Å². The van der Waals surface area contributed by atoms with Crippen molar-refractivity contribution in [2.24, 2.45) is 11.8 Å². The molecule has 0 saturated carbocycles. The van der Waals surface area contributed by atoms with Crippen molar-refractivity contribution >= 4 is 16.0 Å². The van der Waals surface area contributed by atoms with Gasteiger partial charge in [-0.25, -0.2) is 13.2 Å². The number of benzene rings is 4. The Labute approximate surface area is 283 Å². The van der Waals surface area contributed by atoms with Crippen LogP contribution in [0, 0.1) is 11.8 Å². The molecule has 0 bridgehead atoms. The molecule has 0 aliphatic carbocycles. The smallest absolute Gasteiger partial charge is 0.341 e. The largest absolute Gasteiger partial charge is 0.482 e. The number of hydrogen-bond acceptors (Lipinski definition) is 5. The number of carboxylic acid groups (broad SMARTS) is 1. The Kier molecular flexibility index (Phi) is 9.61. The highest BCUT2D eigenvalue weighted by Gasteiger charge is 2.45. The molecule has 2 fully saturated rings. The summed E-state index contributed by atoms with van der Waals surface area (Å²) in [5.41, 5.74) is 5.58. The van der Waals surface area contributed by atoms with Crippen molar-refractivity contribution < 1.29 is 27.8 Å². The summed E-state index contributed by atoms with van der Waals surface area (Å²) in [5, 5.41) is 9.42. The van der Waals surface area contributed by atoms with E-state index in [0.717, 1.165) is 33.4 Å². The molecule has 6 rings (SSSR count). The first-order valence-electron chi connectivity index (χ1n) is 16.5. The van der Waals surface area contributed by atoms with E-state index in [1.807, 2.05) is 79.7 Å². The van der Waals surface area contributed by atoms with Crippen LogP contribution in [0.1, 0.15) is 56.4 Å². The van der Waals surface area contributed by atoms with Crippen LogP contribution in [0.3, 0.4) is 0 Å². The molecule has 0 unspecified atom stereocenters. The van der Waals surface area contributed by atoms with Gasteiger partial charge in [-0.1, -0.05) is 105 Å². The van der Waals surface area contributed by atoms with Gasteiger partial charge in [-0.05, 0) is 72.2 Å². The number of aliphatic carboxylic acids is 1. The third-order valence-electron chi connectivity index (χ3n) is 9.99. The third kappa shape index (κ3) is 6.83. The lowest BCUT2D eigenvalue weighted by Gasteiger charge is -2.47. The quantitative estimate of drug-likeness (QED) is 0.173. The number of piperidine rings is 1. The molecule has 7 nitrogen and oxygen atoms in total. The van der Waals surface area contributed by atoms with E-state index in [9.17, 15) is 18.3 Å². The van der Waals surface area contributed by atoms with E-state index in [1.165, 1.54) is 0 Å². The zero-order valence-corrected chi connectivity index (χ0v) is 28.5. The van der Waals surface area contributed by atoms with Crippen molar-refractivity contribution in [1.82, 2.24) is 4.31 Å². The van der Waals surface area contributed by atoms with Gasteiger partial charge in [0.05, 0.1) is 17.1 Å². The summed E-state index contributed by atoms with van der Waals surface area (Å²) in [7, 11) is -3.71. The van der Waals surface area contributed by atoms with E-state index < -0.39 is 28.7 Å². The average molecular weight is 666 g/mol. The monoisotopic (exact) mass is 665 g/mol. The number of ether oxygens (including phenoxy) is 2. The summed E-state index contributed by atoms with van der Waals surface area (Å²) in [6.07, 6.45) is 0.642. The molecule has 0 amide bonds. The fraction of sp³-hybridized carbons (Fsp3) is 0.325. The van der Waals surface area contributed by atoms with E-state index in [1.54, 1.807) is 16.4 Å². The summed E-state index contributed by atoms with van der Waals surface area (Å²) < 4.78 is 42.0. The maximum atomic E-state index is 13.8. The van der Waals surface area contributed by atoms with E-state index >= 15 is 0 Å². The average Bonchev–Trinajstić information content (AvgIpc) is 3.10. The second-order valence-electron chi connectivity index (χ2n) is 13.5. The van der Waals surface area contributed by atoms with Gasteiger partial charge in [0.25, 0.3) is 0 Å². The number of nitrogens with zero attached hydrogens (tertiary/aromatic N) is 1. The van der Waals surface area contributed by atoms with Crippen molar-refractivity contribution in [2.75, 3.05) is 19.7 Å². The predicted octanol–water partition coefficient (Wildman–Crippen LogP) is 7.88. The van der Waals surface area contributed by atoms with Gasteiger partial charge >= 0.3 is 5.97 Å². The highest BCUT2D eigenvalue weighted by molar-refractivity contribution is 7.89. The van der Waals surface area contributed by atoms with Crippen LogP contribution >= 0.6 is 0 Å². The van der Waals surface area contributed by atoms with E-state index in [-0.39, 0.29) is 28.3 Å². The van der Waals surface area contributed by atoms with E-state index in [2.05, 4.69) is 38.6 Å². The maximum absolute atomic E-state index is 13.8. The van der Waals surface area contributed by atoms with Crippen LogP contribution < -0.4 is 4.74 Å². The van der Waals surface area contributed by atoms with Gasteiger partial charge in [-0.2, -0.15) is 4.31 Å². The van der Waals surface area contributed by atoms with Gasteiger partial charge in [0, 0.05) is 30.0 Å². The molecule has 2 aliphatic rings. The Bertz CT molecular complexity index is 1870. The second-order valence-corrected chi connectivity index (χ2v) is 15.4. The molecule has 8 heteroatoms. The van der Waals surface area contributed by atoms with Crippen molar-refractivity contribution in [1.29, 1.82) is 0 Å². The lowest BCUT2D eigenvalue weighted by Crippen LogP contribution is -2.50. The normalized spacial score (nSPS) is 21.6. The number of rotatable bonds is 10. The molecule has 1 N–H and O–H groups in total. The zero-order chi connectivity index (χ0) is 34.1. The standard InChI is InChI=1S/C40H43NO6S/c1-27(2)34-23-30-25-41(48(44,45)33-18-15-29(16-19-33)28-11-7-5-8-12-28)22-21-36(30)47-39(34)35-24-32(17-20-37(35)46-26-38(42)43)40(3,4)31-13-9-6-10-14-31/h5-20,24,30,34,36,39H,1,21-23,25-26H2,2-4H3,(H,42,43)/t30-,34-,36+,39+/m1/s1. The van der Waals surface area contributed by atoms with Crippen LogP contribution in [0.4, 0.5) is 0 Å². The molecule has 2 saturated heterocycles. The molecule has 2 aliphatic heterocycles. The summed E-state index contributed by atoms with van der Waals surface area (Å²) in [6.45, 7) is 10.9. The first-order chi connectivity index (χ1) is 22.9. The molecule has 48 heavy (non-hydrogen) atoms. The topological polar surface area (TPSA) is 93.1 Å².